The Balaban J connectivity index is 1.36. The van der Waals surface area contributed by atoms with Crippen molar-refractivity contribution in [3.63, 3.8) is 0 Å². The first kappa shape index (κ1) is 24.6. The molecule has 14 nitrogen and oxygen atoms in total. The van der Waals surface area contributed by atoms with Crippen LogP contribution in [0, 0.1) is 0 Å². The number of carbonyl (C=O) groups is 1. The zero-order chi connectivity index (χ0) is 22.2. The molecular weight excluding hydrogens is 424 g/mol. The van der Waals surface area contributed by atoms with Gasteiger partial charge in [0.1, 0.15) is 31.0 Å². The maximum atomic E-state index is 12.2. The van der Waals surface area contributed by atoms with Gasteiger partial charge in [0, 0.05) is 13.0 Å². The van der Waals surface area contributed by atoms with Crippen LogP contribution in [0.1, 0.15) is 38.5 Å². The van der Waals surface area contributed by atoms with E-state index in [4.69, 9.17) is 44.5 Å². The van der Waals surface area contributed by atoms with Gasteiger partial charge in [0.25, 0.3) is 0 Å². The molecule has 0 spiro atoms. The van der Waals surface area contributed by atoms with Gasteiger partial charge in [0.05, 0.1) is 24.0 Å². The second-order valence-electron chi connectivity index (χ2n) is 7.52. The van der Waals surface area contributed by atoms with Crippen molar-refractivity contribution in [1.29, 1.82) is 0 Å². The van der Waals surface area contributed by atoms with E-state index in [0.29, 0.717) is 13.2 Å². The Morgan fingerprint density at radius 2 is 1.74 bits per heavy atom. The van der Waals surface area contributed by atoms with E-state index in [1.807, 2.05) is 0 Å². The smallest absolute Gasteiger partial charge is 0.306 e. The molecule has 0 saturated carbocycles. The van der Waals surface area contributed by atoms with Crippen LogP contribution in [0.25, 0.3) is 0 Å². The quantitative estimate of drug-likeness (QED) is 0.232. The third-order valence-corrected chi connectivity index (χ3v) is 5.24. The van der Waals surface area contributed by atoms with Gasteiger partial charge in [0.15, 0.2) is 12.4 Å². The van der Waals surface area contributed by atoms with Gasteiger partial charge in [-0.15, -0.1) is 0 Å². The Hall–Kier alpha value is -1.01. The number of hydrogen-bond acceptors (Lipinski definition) is 14. The zero-order valence-electron chi connectivity index (χ0n) is 17.0. The highest BCUT2D eigenvalue weighted by atomic mass is 17.1. The van der Waals surface area contributed by atoms with Crippen LogP contribution in [0.5, 0.6) is 0 Å². The van der Waals surface area contributed by atoms with Crippen LogP contribution in [0.2, 0.25) is 0 Å². The van der Waals surface area contributed by atoms with Crippen molar-refractivity contribution in [1.82, 2.24) is 10.8 Å². The average molecular weight is 454 g/mol. The van der Waals surface area contributed by atoms with Gasteiger partial charge in [-0.2, -0.15) is 0 Å². The fourth-order valence-electron chi connectivity index (χ4n) is 3.81. The van der Waals surface area contributed by atoms with Gasteiger partial charge in [-0.1, -0.05) is 0 Å². The fraction of sp³-hybridized carbons (Fsp3) is 0.941. The highest BCUT2D eigenvalue weighted by Gasteiger charge is 2.50. The van der Waals surface area contributed by atoms with E-state index < -0.39 is 41.7 Å². The van der Waals surface area contributed by atoms with E-state index in [1.54, 1.807) is 0 Å². The molecule has 3 aliphatic heterocycles. The lowest BCUT2D eigenvalue weighted by Gasteiger charge is -2.27. The van der Waals surface area contributed by atoms with Crippen molar-refractivity contribution in [3.05, 3.63) is 0 Å². The molecule has 1 unspecified atom stereocenters. The Morgan fingerprint density at radius 1 is 1.00 bits per heavy atom. The van der Waals surface area contributed by atoms with Crippen LogP contribution in [0.15, 0.2) is 0 Å². The second kappa shape index (κ2) is 12.3. The minimum Gasteiger partial charge on any atom is -0.457 e. The topological polar surface area (TPSA) is 169 Å². The first-order valence-electron chi connectivity index (χ1n) is 10.3. The predicted octanol–water partition coefficient (Wildman–Crippen LogP) is 0.171. The van der Waals surface area contributed by atoms with Crippen LogP contribution >= 0.6 is 0 Å². The van der Waals surface area contributed by atoms with E-state index in [2.05, 4.69) is 9.68 Å². The van der Waals surface area contributed by atoms with Crippen LogP contribution in [-0.4, -0.2) is 101 Å². The van der Waals surface area contributed by atoms with E-state index >= 15 is 0 Å². The lowest BCUT2D eigenvalue weighted by Crippen LogP contribution is -2.38. The Bertz CT molecular complexity index is 547. The predicted molar refractivity (Wildman–Crippen MR) is 93.3 cm³/mol. The van der Waals surface area contributed by atoms with Crippen molar-refractivity contribution in [2.45, 2.75) is 75.3 Å². The van der Waals surface area contributed by atoms with E-state index in [1.165, 1.54) is 0 Å². The van der Waals surface area contributed by atoms with Crippen molar-refractivity contribution in [3.8, 4) is 0 Å². The highest BCUT2D eigenvalue weighted by Crippen LogP contribution is 2.32. The summed E-state index contributed by atoms with van der Waals surface area (Å²) in [6.07, 6.45) is 0.571. The molecule has 0 radical (unpaired) electrons. The third-order valence-electron chi connectivity index (χ3n) is 5.24. The number of ether oxygens (including phenoxy) is 5. The summed E-state index contributed by atoms with van der Waals surface area (Å²) in [5.41, 5.74) is 0. The maximum Gasteiger partial charge on any atom is 0.306 e. The summed E-state index contributed by atoms with van der Waals surface area (Å²) in [6, 6.07) is 0. The van der Waals surface area contributed by atoms with Gasteiger partial charge in [-0.05, 0) is 32.1 Å². The van der Waals surface area contributed by atoms with Crippen LogP contribution < -0.4 is 0 Å². The summed E-state index contributed by atoms with van der Waals surface area (Å²) >= 11 is 0. The normalized spacial score (nSPS) is 31.9. The van der Waals surface area contributed by atoms with Crippen LogP contribution in [0.4, 0.5) is 0 Å². The number of hydrogen-bond donors (Lipinski definition) is 4. The SMILES string of the molecule is O=C(CCC[C@H](CON(O)O)ON(O)O)O[C@H]1CO[C@H]2[C@@H]1OC[C@@H]2OC1CCCCO1. The van der Waals surface area contributed by atoms with Gasteiger partial charge < -0.3 is 23.7 Å². The molecule has 14 heteroatoms. The van der Waals surface area contributed by atoms with Gasteiger partial charge in [-0.3, -0.25) is 25.6 Å². The summed E-state index contributed by atoms with van der Waals surface area (Å²) in [4.78, 5) is 21.2. The molecule has 0 amide bonds. The molecule has 4 N–H and O–H groups in total. The van der Waals surface area contributed by atoms with Crippen LogP contribution in [-0.2, 0) is 38.2 Å². The highest BCUT2D eigenvalue weighted by molar-refractivity contribution is 5.69. The zero-order valence-corrected chi connectivity index (χ0v) is 17.0. The average Bonchev–Trinajstić information content (AvgIpc) is 3.30. The summed E-state index contributed by atoms with van der Waals surface area (Å²) in [6.45, 7) is 0.824. The molecule has 0 aromatic heterocycles. The second-order valence-corrected chi connectivity index (χ2v) is 7.52. The molecule has 6 atom stereocenters. The molecule has 3 aliphatic rings. The number of fused-ring (bicyclic) bond motifs is 1. The van der Waals surface area contributed by atoms with Gasteiger partial charge in [-0.25, -0.2) is 9.68 Å². The minimum absolute atomic E-state index is 0.0163. The van der Waals surface area contributed by atoms with Crippen molar-refractivity contribution in [2.75, 3.05) is 26.4 Å². The van der Waals surface area contributed by atoms with E-state index in [0.717, 1.165) is 19.3 Å². The molecule has 0 bridgehead atoms. The molecule has 3 heterocycles. The minimum atomic E-state index is -0.957. The molecule has 180 valence electrons. The van der Waals surface area contributed by atoms with Crippen molar-refractivity contribution >= 4 is 5.97 Å². The first-order valence-corrected chi connectivity index (χ1v) is 10.3. The third kappa shape index (κ3) is 7.81. The Labute approximate surface area is 178 Å². The summed E-state index contributed by atoms with van der Waals surface area (Å²) in [5.74, 6) is -0.478. The number of carbonyl (C=O) groups excluding carboxylic acids is 1. The lowest BCUT2D eigenvalue weighted by molar-refractivity contribution is -0.527. The van der Waals surface area contributed by atoms with E-state index in [-0.39, 0.29) is 44.4 Å². The molecule has 0 aliphatic carbocycles. The lowest BCUT2D eigenvalue weighted by atomic mass is 10.1. The largest absolute Gasteiger partial charge is 0.457 e. The molecule has 3 fully saturated rings. The fourth-order valence-corrected chi connectivity index (χ4v) is 3.81. The Morgan fingerprint density at radius 3 is 2.42 bits per heavy atom. The van der Waals surface area contributed by atoms with Crippen molar-refractivity contribution < 1.29 is 59.0 Å². The number of esters is 1. The maximum absolute atomic E-state index is 12.2. The number of rotatable bonds is 12. The van der Waals surface area contributed by atoms with Crippen molar-refractivity contribution in [2.24, 2.45) is 0 Å². The van der Waals surface area contributed by atoms with Gasteiger partial charge in [0.2, 0.25) is 0 Å². The molecule has 0 aromatic carbocycles. The van der Waals surface area contributed by atoms with E-state index in [9.17, 15) is 4.79 Å². The molecule has 3 rings (SSSR count). The molecule has 0 aromatic rings. The summed E-state index contributed by atoms with van der Waals surface area (Å²) in [7, 11) is 0. The molecule has 31 heavy (non-hydrogen) atoms. The molecular formula is C17H30N2O12. The Kier molecular flexibility index (Phi) is 9.76. The molecule has 3 saturated heterocycles. The van der Waals surface area contributed by atoms with Crippen LogP contribution in [0.3, 0.4) is 0 Å². The summed E-state index contributed by atoms with van der Waals surface area (Å²) < 4.78 is 28.5. The van der Waals surface area contributed by atoms with Gasteiger partial charge >= 0.3 is 5.97 Å². The number of nitrogens with zero attached hydrogens (tertiary/aromatic N) is 2. The standard InChI is InChI=1S/C17H30N2O12/c20-14(5-3-4-11(31-19(23)24)8-28-18(21)22)29-12-9-26-17-13(10-27-16(12)17)30-15-6-1-2-7-25-15/h11-13,15-17,21-24H,1-10H2/t11-,12+,13+,15?,16-,17-/m1/s1. The summed E-state index contributed by atoms with van der Waals surface area (Å²) in [5, 5.41) is 33.5. The monoisotopic (exact) mass is 454 g/mol. The first-order chi connectivity index (χ1) is 14.9.